The highest BCUT2D eigenvalue weighted by Gasteiger charge is 2.23. The maximum Gasteiger partial charge on any atom is 0.404 e. The van der Waals surface area contributed by atoms with Gasteiger partial charge in [-0.25, -0.2) is 9.78 Å². The molecule has 1 aromatic carbocycles. The van der Waals surface area contributed by atoms with E-state index in [-0.39, 0.29) is 12.5 Å². The molecule has 2 N–H and O–H groups in total. The first kappa shape index (κ1) is 18.1. The molecule has 0 bridgehead atoms. The lowest BCUT2D eigenvalue weighted by molar-refractivity contribution is 0.181. The molecule has 1 aliphatic rings. The van der Waals surface area contributed by atoms with Crippen molar-refractivity contribution in [1.29, 1.82) is 0 Å². The minimum absolute atomic E-state index is 0.119. The number of nitrogens with one attached hydrogen (secondary N) is 1. The Bertz CT molecular complexity index is 991. The third-order valence-electron chi connectivity index (χ3n) is 4.46. The number of amides is 1. The van der Waals surface area contributed by atoms with Crippen molar-refractivity contribution < 1.29 is 28.3 Å². The van der Waals surface area contributed by atoms with Crippen molar-refractivity contribution in [3.63, 3.8) is 0 Å². The monoisotopic (exact) mass is 387 g/mol. The minimum Gasteiger partial charge on any atom is -0.493 e. The summed E-state index contributed by atoms with van der Waals surface area (Å²) in [5.74, 6) is 2.37. The molecule has 0 saturated heterocycles. The topological polar surface area (TPSA) is 120 Å². The summed E-state index contributed by atoms with van der Waals surface area (Å²) >= 11 is 0. The number of carboxylic acid groups (broad SMARTS) is 1. The molecule has 2 aromatic heterocycles. The number of fused-ring (bicyclic) bond motifs is 1. The number of benzene rings is 1. The number of ether oxygens (including phenoxy) is 2. The third-order valence-corrected chi connectivity index (χ3v) is 4.46. The van der Waals surface area contributed by atoms with Gasteiger partial charge >= 0.3 is 6.09 Å². The highest BCUT2D eigenvalue weighted by atomic mass is 16.5. The average Bonchev–Trinajstić information content (AvgIpc) is 3.27. The summed E-state index contributed by atoms with van der Waals surface area (Å²) in [5, 5.41) is 14.9. The van der Waals surface area contributed by atoms with E-state index in [0.29, 0.717) is 34.2 Å². The second kappa shape index (κ2) is 7.41. The number of rotatable bonds is 8. The summed E-state index contributed by atoms with van der Waals surface area (Å²) in [6.07, 6.45) is 1.36. The molecule has 3 aromatic rings. The Hall–Kier alpha value is -3.23. The summed E-state index contributed by atoms with van der Waals surface area (Å²) in [6.45, 7) is 4.31. The number of oxazole rings is 1. The fraction of sp³-hybridized carbons (Fsp3) is 0.421. The summed E-state index contributed by atoms with van der Waals surface area (Å²) in [4.78, 5) is 15.1. The van der Waals surface area contributed by atoms with Crippen LogP contribution in [0.5, 0.6) is 11.6 Å². The van der Waals surface area contributed by atoms with Crippen molar-refractivity contribution in [1.82, 2.24) is 15.5 Å². The van der Waals surface area contributed by atoms with Gasteiger partial charge in [0.2, 0.25) is 5.76 Å². The van der Waals surface area contributed by atoms with Gasteiger partial charge in [-0.15, -0.1) is 0 Å². The first-order valence-electron chi connectivity index (χ1n) is 9.12. The molecule has 1 aliphatic carbocycles. The molecular formula is C19H21N3O6. The smallest absolute Gasteiger partial charge is 0.404 e. The van der Waals surface area contributed by atoms with E-state index in [0.717, 1.165) is 12.4 Å². The van der Waals surface area contributed by atoms with Crippen molar-refractivity contribution >= 4 is 17.2 Å². The van der Waals surface area contributed by atoms with Crippen molar-refractivity contribution in [2.75, 3.05) is 13.2 Å². The maximum atomic E-state index is 10.6. The fourth-order valence-electron chi connectivity index (χ4n) is 2.70. The van der Waals surface area contributed by atoms with Gasteiger partial charge in [-0.1, -0.05) is 0 Å². The van der Waals surface area contributed by atoms with Crippen molar-refractivity contribution in [2.24, 2.45) is 5.92 Å². The fourth-order valence-corrected chi connectivity index (χ4v) is 2.70. The molecule has 28 heavy (non-hydrogen) atoms. The molecular weight excluding hydrogens is 366 g/mol. The predicted molar refractivity (Wildman–Crippen MR) is 98.6 cm³/mol. The third kappa shape index (κ3) is 4.03. The van der Waals surface area contributed by atoms with Gasteiger partial charge in [-0.3, -0.25) is 0 Å². The first-order valence-corrected chi connectivity index (χ1v) is 9.12. The Labute approximate surface area is 160 Å². The van der Waals surface area contributed by atoms with E-state index in [4.69, 9.17) is 23.5 Å². The van der Waals surface area contributed by atoms with E-state index in [2.05, 4.69) is 15.5 Å². The van der Waals surface area contributed by atoms with E-state index in [9.17, 15) is 4.79 Å². The number of hydrogen-bond donors (Lipinski definition) is 2. The van der Waals surface area contributed by atoms with Crippen LogP contribution in [0.15, 0.2) is 27.1 Å². The molecule has 9 nitrogen and oxygen atoms in total. The molecule has 4 rings (SSSR count). The van der Waals surface area contributed by atoms with Crippen molar-refractivity contribution in [2.45, 2.75) is 32.7 Å². The lowest BCUT2D eigenvalue weighted by Crippen LogP contribution is -2.35. The molecule has 9 heteroatoms. The van der Waals surface area contributed by atoms with E-state index >= 15 is 0 Å². The SMILES string of the molecule is Cc1c(OC[C@H](C)NC(=O)O)noc1-c1nc2cc(OCC3CC3)ccc2o1. The van der Waals surface area contributed by atoms with E-state index in [1.165, 1.54) is 12.8 Å². The summed E-state index contributed by atoms with van der Waals surface area (Å²) < 4.78 is 22.4. The Morgan fingerprint density at radius 1 is 1.39 bits per heavy atom. The number of carbonyl (C=O) groups is 1. The number of nitrogens with zero attached hydrogens (tertiary/aromatic N) is 2. The van der Waals surface area contributed by atoms with E-state index < -0.39 is 12.1 Å². The molecule has 1 atom stereocenters. The average molecular weight is 387 g/mol. The van der Waals surface area contributed by atoms with Gasteiger partial charge in [0.25, 0.3) is 11.8 Å². The van der Waals surface area contributed by atoms with Gasteiger partial charge in [0.15, 0.2) is 5.58 Å². The lowest BCUT2D eigenvalue weighted by atomic mass is 10.3. The zero-order valence-corrected chi connectivity index (χ0v) is 15.6. The molecule has 1 saturated carbocycles. The van der Waals surface area contributed by atoms with Gasteiger partial charge < -0.3 is 28.8 Å². The Morgan fingerprint density at radius 3 is 2.96 bits per heavy atom. The minimum atomic E-state index is -1.11. The van der Waals surface area contributed by atoms with Gasteiger partial charge in [0, 0.05) is 6.07 Å². The molecule has 0 aliphatic heterocycles. The van der Waals surface area contributed by atoms with Crippen LogP contribution in [0.25, 0.3) is 22.8 Å². The quantitative estimate of drug-likeness (QED) is 0.601. The van der Waals surface area contributed by atoms with Crippen LogP contribution in [-0.2, 0) is 0 Å². The molecule has 0 spiro atoms. The summed E-state index contributed by atoms with van der Waals surface area (Å²) in [7, 11) is 0. The summed E-state index contributed by atoms with van der Waals surface area (Å²) in [6, 6.07) is 5.12. The van der Waals surface area contributed by atoms with Gasteiger partial charge in [-0.2, -0.15) is 0 Å². The van der Waals surface area contributed by atoms with Crippen LogP contribution < -0.4 is 14.8 Å². The van der Waals surface area contributed by atoms with Crippen LogP contribution in [0.1, 0.15) is 25.3 Å². The Kier molecular flexibility index (Phi) is 4.81. The molecule has 1 amide bonds. The Balaban J connectivity index is 1.48. The highest BCUT2D eigenvalue weighted by molar-refractivity contribution is 5.77. The van der Waals surface area contributed by atoms with Gasteiger partial charge in [-0.05, 0) is 49.9 Å². The second-order valence-corrected chi connectivity index (χ2v) is 7.01. The van der Waals surface area contributed by atoms with Crippen LogP contribution in [0.2, 0.25) is 0 Å². The van der Waals surface area contributed by atoms with E-state index in [1.807, 2.05) is 18.2 Å². The van der Waals surface area contributed by atoms with Crippen LogP contribution in [-0.4, -0.2) is 40.6 Å². The predicted octanol–water partition coefficient (Wildman–Crippen LogP) is 3.61. The lowest BCUT2D eigenvalue weighted by Gasteiger charge is -2.11. The molecule has 0 radical (unpaired) electrons. The normalized spacial score (nSPS) is 14.8. The summed E-state index contributed by atoms with van der Waals surface area (Å²) in [5.41, 5.74) is 1.91. The van der Waals surface area contributed by atoms with Crippen LogP contribution in [0.3, 0.4) is 0 Å². The first-order chi connectivity index (χ1) is 13.5. The zero-order chi connectivity index (χ0) is 19.7. The molecule has 2 heterocycles. The van der Waals surface area contributed by atoms with Crippen molar-refractivity contribution in [3.8, 4) is 23.3 Å². The largest absolute Gasteiger partial charge is 0.493 e. The highest BCUT2D eigenvalue weighted by Crippen LogP contribution is 2.33. The molecule has 0 unspecified atom stereocenters. The van der Waals surface area contributed by atoms with Gasteiger partial charge in [0.05, 0.1) is 18.2 Å². The van der Waals surface area contributed by atoms with Crippen LogP contribution in [0.4, 0.5) is 4.79 Å². The standard InChI is InChI=1S/C19H21N3O6/c1-10(20-19(23)24)8-26-17-11(2)16(28-22-17)18-21-14-7-13(5-6-15(14)27-18)25-9-12-3-4-12/h5-7,10,12,20H,3-4,8-9H2,1-2H3,(H,23,24)/t10-/m0/s1. The van der Waals surface area contributed by atoms with E-state index in [1.54, 1.807) is 13.8 Å². The van der Waals surface area contributed by atoms with Crippen molar-refractivity contribution in [3.05, 3.63) is 23.8 Å². The number of hydrogen-bond acceptors (Lipinski definition) is 7. The van der Waals surface area contributed by atoms with Gasteiger partial charge in [0.1, 0.15) is 17.9 Å². The second-order valence-electron chi connectivity index (χ2n) is 7.01. The Morgan fingerprint density at radius 2 is 2.21 bits per heavy atom. The maximum absolute atomic E-state index is 10.6. The van der Waals surface area contributed by atoms with Crippen LogP contribution >= 0.6 is 0 Å². The number of aromatic nitrogens is 2. The van der Waals surface area contributed by atoms with Crippen LogP contribution in [0, 0.1) is 12.8 Å². The molecule has 148 valence electrons. The molecule has 1 fully saturated rings. The zero-order valence-electron chi connectivity index (χ0n) is 15.6.